The Balaban J connectivity index is 1.76. The predicted octanol–water partition coefficient (Wildman–Crippen LogP) is 1.71. The summed E-state index contributed by atoms with van der Waals surface area (Å²) in [5, 5.41) is 3.47. The van der Waals surface area contributed by atoms with E-state index in [-0.39, 0.29) is 11.9 Å². The number of hydrogen-bond donors (Lipinski definition) is 1. The van der Waals surface area contributed by atoms with E-state index in [1.165, 1.54) is 25.7 Å². The van der Waals surface area contributed by atoms with Crippen LogP contribution in [0.25, 0.3) is 0 Å². The third kappa shape index (κ3) is 5.36. The Bertz CT molecular complexity index is 421. The van der Waals surface area contributed by atoms with Gasteiger partial charge in [-0.05, 0) is 39.7 Å². The molecule has 2 aliphatic rings. The third-order valence-corrected chi connectivity index (χ3v) is 5.25. The van der Waals surface area contributed by atoms with Gasteiger partial charge in [0.05, 0.1) is 12.5 Å². The number of guanidine groups is 1. The highest BCUT2D eigenvalue weighted by molar-refractivity contribution is 5.81. The Kier molecular flexibility index (Phi) is 7.82. The van der Waals surface area contributed by atoms with Crippen LogP contribution in [0.5, 0.6) is 0 Å². The fraction of sp³-hybridized carbons (Fsp3) is 0.889. The highest BCUT2D eigenvalue weighted by atomic mass is 16.5. The van der Waals surface area contributed by atoms with Gasteiger partial charge in [0, 0.05) is 39.3 Å². The summed E-state index contributed by atoms with van der Waals surface area (Å²) in [6.07, 6.45) is 7.32. The summed E-state index contributed by atoms with van der Waals surface area (Å²) in [5.74, 6) is 0.806. The van der Waals surface area contributed by atoms with Crippen molar-refractivity contribution in [2.45, 2.75) is 51.5 Å². The minimum absolute atomic E-state index is 0.0292. The molecule has 0 aromatic carbocycles. The lowest BCUT2D eigenvalue weighted by molar-refractivity contribution is -0.149. The molecule has 1 heterocycles. The topological polar surface area (TPSA) is 57.2 Å². The van der Waals surface area contributed by atoms with Gasteiger partial charge >= 0.3 is 5.97 Å². The first-order valence-corrected chi connectivity index (χ1v) is 9.48. The Morgan fingerprint density at radius 1 is 1.29 bits per heavy atom. The zero-order chi connectivity index (χ0) is 17.4. The van der Waals surface area contributed by atoms with E-state index in [1.54, 1.807) is 0 Å². The first kappa shape index (κ1) is 19.0. The van der Waals surface area contributed by atoms with E-state index >= 15 is 0 Å². The maximum atomic E-state index is 12.0. The molecule has 1 aliphatic heterocycles. The van der Waals surface area contributed by atoms with Gasteiger partial charge in [0.1, 0.15) is 0 Å². The molecular formula is C18H34N4O2. The van der Waals surface area contributed by atoms with Crippen molar-refractivity contribution >= 4 is 11.9 Å². The molecule has 1 saturated carbocycles. The van der Waals surface area contributed by atoms with E-state index in [0.717, 1.165) is 44.5 Å². The van der Waals surface area contributed by atoms with Crippen molar-refractivity contribution in [3.63, 3.8) is 0 Å². The Hall–Kier alpha value is -1.30. The summed E-state index contributed by atoms with van der Waals surface area (Å²) in [6.45, 7) is 5.89. The summed E-state index contributed by atoms with van der Waals surface area (Å²) in [4.78, 5) is 21.1. The molecule has 2 fully saturated rings. The van der Waals surface area contributed by atoms with Gasteiger partial charge in [0.2, 0.25) is 0 Å². The van der Waals surface area contributed by atoms with Crippen LogP contribution in [0.2, 0.25) is 0 Å². The molecule has 0 amide bonds. The smallest absolute Gasteiger partial charge is 0.310 e. The molecule has 0 radical (unpaired) electrons. The molecule has 6 heteroatoms. The standard InChI is InChI=1S/C18H34N4O2/c1-4-24-17(23)15-8-7-12-22(14-15)18(19-2)20-11-13-21(3)16-9-5-6-10-16/h15-16H,4-14H2,1-3H3,(H,19,20). The van der Waals surface area contributed by atoms with Crippen LogP contribution in [-0.4, -0.2) is 74.7 Å². The average molecular weight is 338 g/mol. The molecule has 1 N–H and O–H groups in total. The number of aliphatic imine (C=N–C) groups is 1. The maximum absolute atomic E-state index is 12.0. The summed E-state index contributed by atoms with van der Waals surface area (Å²) in [7, 11) is 4.04. The second-order valence-electron chi connectivity index (χ2n) is 6.93. The molecule has 1 aliphatic carbocycles. The van der Waals surface area contributed by atoms with Gasteiger partial charge in [-0.15, -0.1) is 0 Å². The lowest BCUT2D eigenvalue weighted by atomic mass is 9.98. The first-order valence-electron chi connectivity index (χ1n) is 9.48. The number of nitrogens with zero attached hydrogens (tertiary/aromatic N) is 3. The quantitative estimate of drug-likeness (QED) is 0.454. The van der Waals surface area contributed by atoms with E-state index in [0.29, 0.717) is 13.2 Å². The van der Waals surface area contributed by atoms with E-state index in [1.807, 2.05) is 14.0 Å². The van der Waals surface area contributed by atoms with Crippen molar-refractivity contribution in [2.75, 3.05) is 46.9 Å². The van der Waals surface area contributed by atoms with Crippen molar-refractivity contribution in [3.05, 3.63) is 0 Å². The average Bonchev–Trinajstić information content (AvgIpc) is 3.13. The Labute approximate surface area is 146 Å². The van der Waals surface area contributed by atoms with E-state index in [2.05, 4.69) is 27.2 Å². The number of carbonyl (C=O) groups is 1. The zero-order valence-corrected chi connectivity index (χ0v) is 15.6. The number of carbonyl (C=O) groups excluding carboxylic acids is 1. The van der Waals surface area contributed by atoms with Crippen molar-refractivity contribution in [2.24, 2.45) is 10.9 Å². The molecule has 0 bridgehead atoms. The minimum Gasteiger partial charge on any atom is -0.466 e. The molecule has 1 saturated heterocycles. The third-order valence-electron chi connectivity index (χ3n) is 5.25. The van der Waals surface area contributed by atoms with Crippen LogP contribution in [0.4, 0.5) is 0 Å². The van der Waals surface area contributed by atoms with Crippen molar-refractivity contribution in [1.29, 1.82) is 0 Å². The maximum Gasteiger partial charge on any atom is 0.310 e. The fourth-order valence-corrected chi connectivity index (χ4v) is 3.83. The number of hydrogen-bond acceptors (Lipinski definition) is 4. The number of nitrogens with one attached hydrogen (secondary N) is 1. The molecular weight excluding hydrogens is 304 g/mol. The molecule has 24 heavy (non-hydrogen) atoms. The molecule has 0 aromatic heterocycles. The van der Waals surface area contributed by atoms with Gasteiger partial charge in [-0.3, -0.25) is 9.79 Å². The van der Waals surface area contributed by atoms with Crippen LogP contribution in [0.3, 0.4) is 0 Å². The van der Waals surface area contributed by atoms with Gasteiger partial charge < -0.3 is 19.9 Å². The van der Waals surface area contributed by atoms with Crippen LogP contribution in [0, 0.1) is 5.92 Å². The highest BCUT2D eigenvalue weighted by Gasteiger charge is 2.28. The van der Waals surface area contributed by atoms with Crippen LogP contribution in [0.1, 0.15) is 45.4 Å². The van der Waals surface area contributed by atoms with Gasteiger partial charge in [-0.25, -0.2) is 0 Å². The van der Waals surface area contributed by atoms with E-state index in [4.69, 9.17) is 4.74 Å². The zero-order valence-electron chi connectivity index (χ0n) is 15.6. The second-order valence-corrected chi connectivity index (χ2v) is 6.93. The van der Waals surface area contributed by atoms with Gasteiger partial charge in [0.15, 0.2) is 5.96 Å². The van der Waals surface area contributed by atoms with Crippen LogP contribution >= 0.6 is 0 Å². The SMILES string of the molecule is CCOC(=O)C1CCCN(C(=NC)NCCN(C)C2CCCC2)C1. The monoisotopic (exact) mass is 338 g/mol. The minimum atomic E-state index is -0.0707. The highest BCUT2D eigenvalue weighted by Crippen LogP contribution is 2.22. The largest absolute Gasteiger partial charge is 0.466 e. The number of likely N-dealkylation sites (N-methyl/N-ethyl adjacent to an activating group) is 1. The van der Waals surface area contributed by atoms with Crippen LogP contribution in [-0.2, 0) is 9.53 Å². The number of likely N-dealkylation sites (tertiary alicyclic amines) is 1. The van der Waals surface area contributed by atoms with Crippen LogP contribution in [0.15, 0.2) is 4.99 Å². The molecule has 6 nitrogen and oxygen atoms in total. The number of ether oxygens (including phenoxy) is 1. The van der Waals surface area contributed by atoms with Gasteiger partial charge in [-0.2, -0.15) is 0 Å². The lowest BCUT2D eigenvalue weighted by Crippen LogP contribution is -2.49. The molecule has 1 atom stereocenters. The summed E-state index contributed by atoms with van der Waals surface area (Å²) in [6, 6.07) is 0.747. The van der Waals surface area contributed by atoms with Gasteiger partial charge in [-0.1, -0.05) is 12.8 Å². The number of rotatable bonds is 6. The Morgan fingerprint density at radius 3 is 2.71 bits per heavy atom. The van der Waals surface area contributed by atoms with E-state index < -0.39 is 0 Å². The summed E-state index contributed by atoms with van der Waals surface area (Å²) in [5.41, 5.74) is 0. The molecule has 2 rings (SSSR count). The molecule has 1 unspecified atom stereocenters. The molecule has 0 spiro atoms. The van der Waals surface area contributed by atoms with E-state index in [9.17, 15) is 4.79 Å². The van der Waals surface area contributed by atoms with Crippen molar-refractivity contribution in [3.8, 4) is 0 Å². The Morgan fingerprint density at radius 2 is 2.04 bits per heavy atom. The lowest BCUT2D eigenvalue weighted by Gasteiger charge is -2.34. The van der Waals surface area contributed by atoms with Crippen molar-refractivity contribution in [1.82, 2.24) is 15.1 Å². The fourth-order valence-electron chi connectivity index (χ4n) is 3.83. The normalized spacial score (nSPS) is 22.9. The second kappa shape index (κ2) is 9.87. The molecule has 138 valence electrons. The van der Waals surface area contributed by atoms with Gasteiger partial charge in [0.25, 0.3) is 0 Å². The first-order chi connectivity index (χ1) is 11.7. The summed E-state index contributed by atoms with van der Waals surface area (Å²) < 4.78 is 5.18. The summed E-state index contributed by atoms with van der Waals surface area (Å²) >= 11 is 0. The molecule has 0 aromatic rings. The van der Waals surface area contributed by atoms with Crippen LogP contribution < -0.4 is 5.32 Å². The predicted molar refractivity (Wildman–Crippen MR) is 97.2 cm³/mol. The number of esters is 1. The van der Waals surface area contributed by atoms with Crippen molar-refractivity contribution < 1.29 is 9.53 Å². The number of piperidine rings is 1.